The van der Waals surface area contributed by atoms with Gasteiger partial charge in [-0.15, -0.1) is 53.6 Å². The molecule has 0 atom stereocenters. The maximum absolute atomic E-state index is 8.08. The van der Waals surface area contributed by atoms with E-state index in [1.54, 1.807) is 36.5 Å². The number of aromatic nitrogens is 4. The Bertz CT molecular complexity index is 2690. The first kappa shape index (κ1) is 19.5. The number of hydrogen-bond donors (Lipinski definition) is 0. The molecule has 0 aliphatic carbocycles. The van der Waals surface area contributed by atoms with E-state index in [1.165, 1.54) is 36.7 Å². The fraction of sp³-hybridized carbons (Fsp3) is 0.100. The number of pyridine rings is 4. The number of nitrogens with zero attached hydrogens (tertiary/aromatic N) is 4. The van der Waals surface area contributed by atoms with E-state index >= 15 is 0 Å². The summed E-state index contributed by atoms with van der Waals surface area (Å²) in [4.78, 5) is 17.1. The molecule has 0 aliphatic heterocycles. The summed E-state index contributed by atoms with van der Waals surface area (Å²) in [5, 5.41) is 2.28. The van der Waals surface area contributed by atoms with Gasteiger partial charge in [-0.05, 0) is 84.5 Å². The molecule has 8 aromatic rings. The maximum atomic E-state index is 8.08. The average molecular weight is 787 g/mol. The second-order valence-corrected chi connectivity index (χ2v) is 10.2. The Kier molecular flexibility index (Phi) is 5.56. The van der Waals surface area contributed by atoms with Crippen LogP contribution in [0.5, 0.6) is 0 Å². The Labute approximate surface area is 298 Å². The molecular weight excluding hydrogens is 745 g/mol. The quantitative estimate of drug-likeness (QED) is 0.167. The predicted molar refractivity (Wildman–Crippen MR) is 182 cm³/mol. The zero-order valence-corrected chi connectivity index (χ0v) is 26.3. The largest absolute Gasteiger partial charge is 0.486 e. The van der Waals surface area contributed by atoms with Crippen molar-refractivity contribution in [3.63, 3.8) is 0 Å². The number of aryl methyl sites for hydroxylation is 4. The van der Waals surface area contributed by atoms with E-state index in [0.29, 0.717) is 39.0 Å². The molecule has 0 unspecified atom stereocenters. The molecule has 0 saturated heterocycles. The topological polar surface area (TPSA) is 64.7 Å². The number of benzene rings is 3. The fourth-order valence-corrected chi connectivity index (χ4v) is 5.02. The van der Waals surface area contributed by atoms with Gasteiger partial charge < -0.3 is 14.4 Å². The van der Waals surface area contributed by atoms with Gasteiger partial charge in [0.05, 0.1) is 11.1 Å². The zero-order valence-electron chi connectivity index (χ0n) is 35.9. The third-order valence-electron chi connectivity index (χ3n) is 7.22. The molecule has 5 nitrogen and oxygen atoms in total. The van der Waals surface area contributed by atoms with Gasteiger partial charge in [0, 0.05) is 71.6 Å². The normalized spacial score (nSPS) is 15.8. The van der Waals surface area contributed by atoms with Gasteiger partial charge in [-0.25, -0.2) is 4.98 Å². The van der Waals surface area contributed by atoms with Crippen molar-refractivity contribution in [1.82, 2.24) is 19.9 Å². The maximum Gasteiger partial charge on any atom is 0.216 e. The molecule has 0 spiro atoms. The van der Waals surface area contributed by atoms with E-state index in [4.69, 9.17) is 20.9 Å². The molecule has 46 heavy (non-hydrogen) atoms. The average Bonchev–Trinajstić information content (AvgIpc) is 3.55. The molecule has 0 bridgehead atoms. The van der Waals surface area contributed by atoms with Gasteiger partial charge in [-0.3, -0.25) is 4.98 Å². The number of hydrogen-bond acceptors (Lipinski definition) is 5. The van der Waals surface area contributed by atoms with Crippen LogP contribution in [0.25, 0.3) is 66.6 Å². The molecule has 8 rings (SSSR count). The van der Waals surface area contributed by atoms with E-state index in [0.717, 1.165) is 21.9 Å². The van der Waals surface area contributed by atoms with Gasteiger partial charge >= 0.3 is 0 Å². The molecule has 3 aromatic carbocycles. The van der Waals surface area contributed by atoms with Crippen LogP contribution < -0.4 is 0 Å². The SMILES string of the molecule is [2H]C([2H])([2H])c1c[c-]c(-c2ccc(C([2H])([2H])[2H])cn2)cc1.[2H]C([2H])([2H])c1ccc2c(n1)oc1c(-c3cc(-c4ccc5ncccc5c4)c(C([2H])([2H])[2H])cn3)[c-]ccc12.[Ir]. The number of fused-ring (bicyclic) bond motifs is 4. The summed E-state index contributed by atoms with van der Waals surface area (Å²) in [6, 6.07) is 31.4. The van der Waals surface area contributed by atoms with Crippen molar-refractivity contribution in [2.24, 2.45) is 0 Å². The van der Waals surface area contributed by atoms with Crippen LogP contribution in [-0.2, 0) is 20.1 Å². The van der Waals surface area contributed by atoms with Gasteiger partial charge in [0.15, 0.2) is 0 Å². The van der Waals surface area contributed by atoms with Crippen molar-refractivity contribution in [1.29, 1.82) is 0 Å². The van der Waals surface area contributed by atoms with Crippen LogP contribution in [0.2, 0.25) is 0 Å². The van der Waals surface area contributed by atoms with Crippen LogP contribution >= 0.6 is 0 Å². The standard InChI is InChI=1S/C27H18N3O.C13H12N.Ir/c1-16-15-29-25(14-23(16)18-9-11-24-19(13-18)5-4-12-28-24)22-7-3-6-20-21-10-8-17(2)30-27(21)31-26(20)22;1-10-3-6-12(7-4-10)13-8-5-11(2)9-14-13;/h3-6,8-15H,1-2H3;3-6,8-9H,1-2H3;/q2*-1;/i2*1D3,2D3;. The second-order valence-electron chi connectivity index (χ2n) is 10.2. The number of furan rings is 1. The Morgan fingerprint density at radius 3 is 2.46 bits per heavy atom. The van der Waals surface area contributed by atoms with Gasteiger partial charge in [0.25, 0.3) is 0 Å². The monoisotopic (exact) mass is 787 g/mol. The van der Waals surface area contributed by atoms with Crippen molar-refractivity contribution in [3.8, 4) is 33.6 Å². The molecule has 0 amide bonds. The van der Waals surface area contributed by atoms with E-state index in [-0.39, 0.29) is 48.2 Å². The van der Waals surface area contributed by atoms with Crippen LogP contribution in [0.1, 0.15) is 38.8 Å². The van der Waals surface area contributed by atoms with Crippen LogP contribution in [-0.4, -0.2) is 19.9 Å². The van der Waals surface area contributed by atoms with Gasteiger partial charge in [0.2, 0.25) is 5.71 Å². The third kappa shape index (κ3) is 6.23. The molecule has 1 radical (unpaired) electrons. The number of rotatable bonds is 3. The summed E-state index contributed by atoms with van der Waals surface area (Å²) in [6.45, 7) is -9.08. The summed E-state index contributed by atoms with van der Waals surface area (Å²) in [6.07, 6.45) is 4.37. The van der Waals surface area contributed by atoms with Crippen molar-refractivity contribution in [3.05, 3.63) is 144 Å². The molecular formula is C40H30IrN4O-2. The summed E-state index contributed by atoms with van der Waals surface area (Å²) in [5.41, 5.74) is 5.28. The minimum Gasteiger partial charge on any atom is -0.486 e. The Hall–Kier alpha value is -5.03. The van der Waals surface area contributed by atoms with E-state index in [1.807, 2.05) is 36.4 Å². The summed E-state index contributed by atoms with van der Waals surface area (Å²) >= 11 is 0. The van der Waals surface area contributed by atoms with Crippen LogP contribution in [0.4, 0.5) is 0 Å². The second kappa shape index (κ2) is 13.1. The molecule has 227 valence electrons. The van der Waals surface area contributed by atoms with E-state index in [2.05, 4.69) is 32.1 Å². The Morgan fingerprint density at radius 1 is 0.739 bits per heavy atom. The minimum absolute atomic E-state index is 0. The third-order valence-corrected chi connectivity index (χ3v) is 7.22. The summed E-state index contributed by atoms with van der Waals surface area (Å²) in [5.74, 6) is 0. The van der Waals surface area contributed by atoms with E-state index in [9.17, 15) is 0 Å². The van der Waals surface area contributed by atoms with Crippen LogP contribution in [0, 0.1) is 39.5 Å². The molecule has 0 saturated carbocycles. The van der Waals surface area contributed by atoms with Crippen molar-refractivity contribution >= 4 is 33.0 Å². The van der Waals surface area contributed by atoms with Gasteiger partial charge in [-0.2, -0.15) is 0 Å². The molecule has 0 N–H and O–H groups in total. The summed E-state index contributed by atoms with van der Waals surface area (Å²) < 4.78 is 96.8. The van der Waals surface area contributed by atoms with Gasteiger partial charge in [-0.1, -0.05) is 48.1 Å². The van der Waals surface area contributed by atoms with Crippen molar-refractivity contribution in [2.75, 3.05) is 0 Å². The molecule has 0 fully saturated rings. The molecule has 0 aliphatic rings. The van der Waals surface area contributed by atoms with Gasteiger partial charge in [0.1, 0.15) is 0 Å². The smallest absolute Gasteiger partial charge is 0.216 e. The van der Waals surface area contributed by atoms with Crippen LogP contribution in [0.15, 0.2) is 114 Å². The first-order valence-electron chi connectivity index (χ1n) is 19.9. The molecule has 6 heteroatoms. The molecule has 5 aromatic heterocycles. The van der Waals surface area contributed by atoms with E-state index < -0.39 is 27.4 Å². The summed E-state index contributed by atoms with van der Waals surface area (Å²) in [7, 11) is 0. The van der Waals surface area contributed by atoms with Crippen molar-refractivity contribution in [2.45, 2.75) is 27.4 Å². The molecule has 5 heterocycles. The predicted octanol–water partition coefficient (Wildman–Crippen LogP) is 9.84. The zero-order chi connectivity index (χ0) is 40.9. The van der Waals surface area contributed by atoms with Crippen LogP contribution in [0.3, 0.4) is 0 Å². The fourth-order valence-electron chi connectivity index (χ4n) is 5.02. The first-order valence-corrected chi connectivity index (χ1v) is 13.9. The first-order chi connectivity index (χ1) is 26.8. The van der Waals surface area contributed by atoms with Crippen molar-refractivity contribution < 1.29 is 41.0 Å². The minimum atomic E-state index is -2.38. The Morgan fingerprint density at radius 2 is 1.65 bits per heavy atom. The Balaban J connectivity index is 0.000000230.